The van der Waals surface area contributed by atoms with E-state index in [1.165, 1.54) is 0 Å². The lowest BCUT2D eigenvalue weighted by Crippen LogP contribution is -2.55. The summed E-state index contributed by atoms with van der Waals surface area (Å²) in [4.78, 5) is 0. The average molecular weight is 364 g/mol. The second-order valence-electron chi connectivity index (χ2n) is 5.74. The van der Waals surface area contributed by atoms with Crippen LogP contribution >= 0.6 is 0 Å². The van der Waals surface area contributed by atoms with Gasteiger partial charge in [0.2, 0.25) is 5.41 Å². The number of phenols is 2. The van der Waals surface area contributed by atoms with Crippen LogP contribution < -0.4 is 0 Å². The van der Waals surface area contributed by atoms with E-state index < -0.39 is 40.4 Å². The zero-order valence-electron chi connectivity index (χ0n) is 13.1. The molecule has 8 heteroatoms. The lowest BCUT2D eigenvalue weighted by Gasteiger charge is -2.40. The van der Waals surface area contributed by atoms with Crippen LogP contribution in [-0.4, -0.2) is 22.6 Å². The zero-order valence-corrected chi connectivity index (χ0v) is 13.1. The first-order valence-corrected chi connectivity index (χ1v) is 7.06. The highest BCUT2D eigenvalue weighted by atomic mass is 19.4. The van der Waals surface area contributed by atoms with Crippen LogP contribution in [0.2, 0.25) is 0 Å². The number of rotatable bonds is 2. The van der Waals surface area contributed by atoms with Crippen molar-refractivity contribution >= 4 is 0 Å². The van der Waals surface area contributed by atoms with Gasteiger partial charge in [0.25, 0.3) is 0 Å². The van der Waals surface area contributed by atoms with Gasteiger partial charge in [-0.3, -0.25) is 0 Å². The molecule has 2 aromatic carbocycles. The second kappa shape index (κ2) is 5.86. The maximum atomic E-state index is 14.0. The Labute approximate surface area is 139 Å². The van der Waals surface area contributed by atoms with E-state index in [1.807, 2.05) is 0 Å². The Kier molecular flexibility index (Phi) is 4.44. The van der Waals surface area contributed by atoms with Crippen LogP contribution in [0.1, 0.15) is 22.3 Å². The van der Waals surface area contributed by atoms with Crippen LogP contribution in [0.3, 0.4) is 0 Å². The fraction of sp³-hybridized carbons (Fsp3) is 0.294. The molecule has 2 N–H and O–H groups in total. The summed E-state index contributed by atoms with van der Waals surface area (Å²) in [6, 6.07) is 4.50. The lowest BCUT2D eigenvalue weighted by molar-refractivity contribution is -0.289. The fourth-order valence-corrected chi connectivity index (χ4v) is 3.05. The summed E-state index contributed by atoms with van der Waals surface area (Å²) in [6.45, 7) is 2.13. The standard InChI is InChI=1S/C17H14F6O2/c1-9-7-11(24)3-5-13(9)15(16(18,19)20,17(21,22)23)14-6-4-12(25)8-10(14)2/h3-8,24-25H,1-2H3. The lowest BCUT2D eigenvalue weighted by atomic mass is 9.70. The minimum absolute atomic E-state index is 0.359. The molecule has 2 aromatic rings. The van der Waals surface area contributed by atoms with Crippen LogP contribution in [0.5, 0.6) is 11.5 Å². The van der Waals surface area contributed by atoms with Gasteiger partial charge in [-0.15, -0.1) is 0 Å². The molecule has 0 amide bonds. The van der Waals surface area contributed by atoms with Crippen LogP contribution in [0, 0.1) is 13.8 Å². The van der Waals surface area contributed by atoms with Gasteiger partial charge in [-0.1, -0.05) is 12.1 Å². The molecule has 0 radical (unpaired) electrons. The maximum Gasteiger partial charge on any atom is 0.411 e. The molecule has 0 saturated heterocycles. The summed E-state index contributed by atoms with van der Waals surface area (Å²) in [5.74, 6) is -0.885. The fourth-order valence-electron chi connectivity index (χ4n) is 3.05. The molecule has 0 unspecified atom stereocenters. The molecule has 0 aliphatic heterocycles. The van der Waals surface area contributed by atoms with Gasteiger partial charge >= 0.3 is 12.4 Å². The average Bonchev–Trinajstić information content (AvgIpc) is 2.40. The Bertz CT molecular complexity index is 725. The Hall–Kier alpha value is -2.38. The van der Waals surface area contributed by atoms with Gasteiger partial charge in [-0.05, 0) is 60.4 Å². The van der Waals surface area contributed by atoms with Crippen LogP contribution in [0.15, 0.2) is 36.4 Å². The van der Waals surface area contributed by atoms with Gasteiger partial charge in [0.1, 0.15) is 11.5 Å². The number of aryl methyl sites for hydroxylation is 2. The van der Waals surface area contributed by atoms with E-state index >= 15 is 0 Å². The van der Waals surface area contributed by atoms with Gasteiger partial charge in [-0.2, -0.15) is 26.3 Å². The third-order valence-corrected chi connectivity index (χ3v) is 4.08. The van der Waals surface area contributed by atoms with Crippen LogP contribution in [0.4, 0.5) is 26.3 Å². The molecule has 0 bridgehead atoms. The van der Waals surface area contributed by atoms with Crippen molar-refractivity contribution < 1.29 is 36.6 Å². The van der Waals surface area contributed by atoms with Crippen molar-refractivity contribution in [2.24, 2.45) is 0 Å². The molecule has 0 aliphatic carbocycles. The first kappa shape index (κ1) is 19.0. The molecular weight excluding hydrogens is 350 g/mol. The molecule has 0 heterocycles. The largest absolute Gasteiger partial charge is 0.508 e. The maximum absolute atomic E-state index is 14.0. The number of halogens is 6. The Balaban J connectivity index is 3.02. The zero-order chi connectivity index (χ0) is 19.2. The SMILES string of the molecule is Cc1cc(O)ccc1C(c1ccc(O)cc1C)(C(F)(F)F)C(F)(F)F. The molecule has 0 saturated carbocycles. The van der Waals surface area contributed by atoms with Crippen molar-refractivity contribution in [3.05, 3.63) is 58.7 Å². The van der Waals surface area contributed by atoms with Gasteiger partial charge in [-0.25, -0.2) is 0 Å². The van der Waals surface area contributed by atoms with Gasteiger partial charge in [0.05, 0.1) is 0 Å². The highest BCUT2D eigenvalue weighted by Gasteiger charge is 2.73. The number of benzene rings is 2. The number of phenolic OH excluding ortho intramolecular Hbond substituents is 2. The second-order valence-corrected chi connectivity index (χ2v) is 5.74. The predicted octanol–water partition coefficient (Wildman–Crippen LogP) is 5.13. The molecule has 2 nitrogen and oxygen atoms in total. The highest BCUT2D eigenvalue weighted by Crippen LogP contribution is 2.57. The molecule has 0 spiro atoms. The first-order valence-electron chi connectivity index (χ1n) is 7.06. The van der Waals surface area contributed by atoms with E-state index in [1.54, 1.807) is 0 Å². The van der Waals surface area contributed by atoms with Crippen LogP contribution in [-0.2, 0) is 5.41 Å². The van der Waals surface area contributed by atoms with E-state index in [0.717, 1.165) is 38.1 Å². The number of alkyl halides is 6. The number of hydrogen-bond donors (Lipinski definition) is 2. The van der Waals surface area contributed by atoms with E-state index in [-0.39, 0.29) is 11.1 Å². The van der Waals surface area contributed by atoms with Crippen molar-refractivity contribution in [1.82, 2.24) is 0 Å². The van der Waals surface area contributed by atoms with Crippen molar-refractivity contribution in [3.8, 4) is 11.5 Å². The summed E-state index contributed by atoms with van der Waals surface area (Å²) >= 11 is 0. The molecule has 136 valence electrons. The topological polar surface area (TPSA) is 40.5 Å². The summed E-state index contributed by atoms with van der Waals surface area (Å²) in [5, 5.41) is 18.7. The minimum atomic E-state index is -5.71. The molecular formula is C17H14F6O2. The third-order valence-electron chi connectivity index (χ3n) is 4.08. The van der Waals surface area contributed by atoms with Crippen molar-refractivity contribution in [3.63, 3.8) is 0 Å². The van der Waals surface area contributed by atoms with Crippen molar-refractivity contribution in [2.75, 3.05) is 0 Å². The van der Waals surface area contributed by atoms with E-state index in [9.17, 15) is 36.6 Å². The number of hydrogen-bond acceptors (Lipinski definition) is 2. The monoisotopic (exact) mass is 364 g/mol. The molecule has 0 atom stereocenters. The van der Waals surface area contributed by atoms with E-state index in [4.69, 9.17) is 0 Å². The van der Waals surface area contributed by atoms with E-state index in [0.29, 0.717) is 12.1 Å². The Morgan fingerprint density at radius 3 is 1.20 bits per heavy atom. The van der Waals surface area contributed by atoms with Gasteiger partial charge in [0, 0.05) is 0 Å². The molecule has 0 fully saturated rings. The van der Waals surface area contributed by atoms with E-state index in [2.05, 4.69) is 0 Å². The normalized spacial score (nSPS) is 13.1. The molecule has 2 rings (SSSR count). The predicted molar refractivity (Wildman–Crippen MR) is 78.6 cm³/mol. The molecule has 0 aromatic heterocycles. The summed E-state index contributed by atoms with van der Waals surface area (Å²) in [7, 11) is 0. The van der Waals surface area contributed by atoms with Gasteiger partial charge in [0.15, 0.2) is 0 Å². The Morgan fingerprint density at radius 1 is 0.640 bits per heavy atom. The van der Waals surface area contributed by atoms with Crippen LogP contribution in [0.25, 0.3) is 0 Å². The summed E-state index contributed by atoms with van der Waals surface area (Å²) in [6.07, 6.45) is -11.4. The summed E-state index contributed by atoms with van der Waals surface area (Å²) < 4.78 is 83.8. The number of aromatic hydroxyl groups is 2. The first-order chi connectivity index (χ1) is 11.3. The molecule has 0 aliphatic rings. The molecule has 25 heavy (non-hydrogen) atoms. The highest BCUT2D eigenvalue weighted by molar-refractivity contribution is 5.52. The van der Waals surface area contributed by atoms with Crippen molar-refractivity contribution in [1.29, 1.82) is 0 Å². The van der Waals surface area contributed by atoms with Gasteiger partial charge < -0.3 is 10.2 Å². The quantitative estimate of drug-likeness (QED) is 0.726. The third kappa shape index (κ3) is 2.89. The summed E-state index contributed by atoms with van der Waals surface area (Å²) in [5.41, 5.74) is -7.07. The van der Waals surface area contributed by atoms with Crippen molar-refractivity contribution in [2.45, 2.75) is 31.6 Å². The minimum Gasteiger partial charge on any atom is -0.508 e. The smallest absolute Gasteiger partial charge is 0.411 e. The Morgan fingerprint density at radius 2 is 0.960 bits per heavy atom.